The van der Waals surface area contributed by atoms with Gasteiger partial charge in [-0.3, -0.25) is 9.59 Å². The molecule has 2 saturated heterocycles. The zero-order valence-corrected chi connectivity index (χ0v) is 11.6. The summed E-state index contributed by atoms with van der Waals surface area (Å²) in [6, 6.07) is 0. The lowest BCUT2D eigenvalue weighted by atomic mass is 9.97. The van der Waals surface area contributed by atoms with Crippen molar-refractivity contribution in [3.63, 3.8) is 0 Å². The summed E-state index contributed by atoms with van der Waals surface area (Å²) in [6.07, 6.45) is -3.00. The van der Waals surface area contributed by atoms with E-state index < -0.39 is 24.5 Å². The highest BCUT2D eigenvalue weighted by molar-refractivity contribution is 5.89. The molecule has 2 heterocycles. The van der Waals surface area contributed by atoms with Crippen molar-refractivity contribution in [2.45, 2.75) is 25.4 Å². The normalized spacial score (nSPS) is 27.3. The minimum absolute atomic E-state index is 0.00637. The van der Waals surface area contributed by atoms with Crippen molar-refractivity contribution in [3.05, 3.63) is 0 Å². The van der Waals surface area contributed by atoms with Crippen molar-refractivity contribution in [3.8, 4) is 0 Å². The van der Waals surface area contributed by atoms with Gasteiger partial charge in [0.15, 0.2) is 0 Å². The van der Waals surface area contributed by atoms with E-state index in [1.54, 1.807) is 4.90 Å². The maximum Gasteiger partial charge on any atom is 0.406 e. The van der Waals surface area contributed by atoms with Gasteiger partial charge in [0.05, 0.1) is 5.92 Å². The lowest BCUT2D eigenvalue weighted by Gasteiger charge is -2.33. The molecule has 0 aliphatic carbocycles. The number of likely N-dealkylation sites (tertiary alicyclic amines) is 2. The van der Waals surface area contributed by atoms with Crippen molar-refractivity contribution in [1.82, 2.24) is 9.80 Å². The molecule has 0 aromatic heterocycles. The fourth-order valence-corrected chi connectivity index (χ4v) is 2.98. The third-order valence-corrected chi connectivity index (χ3v) is 4.02. The lowest BCUT2D eigenvalue weighted by molar-refractivity contribution is -0.157. The second-order valence-electron chi connectivity index (χ2n) is 5.77. The van der Waals surface area contributed by atoms with E-state index in [0.717, 1.165) is 12.8 Å². The summed E-state index contributed by atoms with van der Waals surface area (Å²) in [6.45, 7) is -0.515. The molecule has 1 N–H and O–H groups in total. The Balaban J connectivity index is 1.93. The number of rotatable bonds is 3. The molecule has 0 bridgehead atoms. The van der Waals surface area contributed by atoms with Gasteiger partial charge in [-0.25, -0.2) is 0 Å². The van der Waals surface area contributed by atoms with Crippen LogP contribution in [-0.4, -0.2) is 65.7 Å². The monoisotopic (exact) mass is 308 g/mol. The Hall–Kier alpha value is -1.31. The van der Waals surface area contributed by atoms with Crippen LogP contribution in [0.2, 0.25) is 0 Å². The molecular weight excluding hydrogens is 289 g/mol. The van der Waals surface area contributed by atoms with Gasteiger partial charge < -0.3 is 14.9 Å². The maximum absolute atomic E-state index is 12.3. The number of carbonyl (C=O) groups is 2. The first kappa shape index (κ1) is 16.1. The molecule has 21 heavy (non-hydrogen) atoms. The van der Waals surface area contributed by atoms with Gasteiger partial charge in [-0.1, -0.05) is 0 Å². The Kier molecular flexibility index (Phi) is 4.75. The fourth-order valence-electron chi connectivity index (χ4n) is 2.98. The molecule has 2 rings (SSSR count). The Bertz CT molecular complexity index is 414. The van der Waals surface area contributed by atoms with Crippen LogP contribution in [0, 0.1) is 11.8 Å². The highest BCUT2D eigenvalue weighted by Crippen LogP contribution is 2.26. The fraction of sp³-hybridized carbons (Fsp3) is 0.846. The average molecular weight is 308 g/mol. The van der Waals surface area contributed by atoms with Crippen molar-refractivity contribution >= 4 is 11.8 Å². The van der Waals surface area contributed by atoms with Crippen molar-refractivity contribution in [1.29, 1.82) is 0 Å². The summed E-state index contributed by atoms with van der Waals surface area (Å²) >= 11 is 0. The molecule has 0 aromatic rings. The summed E-state index contributed by atoms with van der Waals surface area (Å²) < 4.78 is 37.0. The summed E-state index contributed by atoms with van der Waals surface area (Å²) in [5, 5.41) is 9.14. The van der Waals surface area contributed by atoms with Gasteiger partial charge in [0.1, 0.15) is 6.54 Å². The van der Waals surface area contributed by atoms with E-state index in [4.69, 9.17) is 5.11 Å². The Morgan fingerprint density at radius 1 is 1.33 bits per heavy atom. The second-order valence-corrected chi connectivity index (χ2v) is 5.77. The summed E-state index contributed by atoms with van der Waals surface area (Å²) in [5.74, 6) is -1.57. The van der Waals surface area contributed by atoms with Crippen molar-refractivity contribution in [2.24, 2.45) is 11.8 Å². The number of amides is 2. The number of carbonyl (C=O) groups excluding carboxylic acids is 2. The Morgan fingerprint density at radius 3 is 2.67 bits per heavy atom. The molecule has 2 aliphatic heterocycles. The second kappa shape index (κ2) is 6.21. The zero-order chi connectivity index (χ0) is 15.6. The van der Waals surface area contributed by atoms with Crippen molar-refractivity contribution < 1.29 is 27.9 Å². The van der Waals surface area contributed by atoms with Crippen LogP contribution in [0.15, 0.2) is 0 Å². The molecule has 2 unspecified atom stereocenters. The topological polar surface area (TPSA) is 60.9 Å². The van der Waals surface area contributed by atoms with Gasteiger partial charge in [0, 0.05) is 32.7 Å². The van der Waals surface area contributed by atoms with Crippen LogP contribution in [0.25, 0.3) is 0 Å². The van der Waals surface area contributed by atoms with E-state index in [0.29, 0.717) is 18.0 Å². The molecule has 5 nitrogen and oxygen atoms in total. The summed E-state index contributed by atoms with van der Waals surface area (Å²) in [4.78, 5) is 26.2. The number of piperidine rings is 1. The van der Waals surface area contributed by atoms with Crippen LogP contribution in [0.5, 0.6) is 0 Å². The third-order valence-electron chi connectivity index (χ3n) is 4.02. The molecule has 0 radical (unpaired) electrons. The number of alkyl halides is 3. The maximum atomic E-state index is 12.3. The number of hydrogen-bond acceptors (Lipinski definition) is 3. The van der Waals surface area contributed by atoms with Crippen LogP contribution in [0.3, 0.4) is 0 Å². The molecule has 120 valence electrons. The van der Waals surface area contributed by atoms with E-state index in [1.165, 1.54) is 0 Å². The van der Waals surface area contributed by atoms with Crippen LogP contribution in [-0.2, 0) is 9.59 Å². The third kappa shape index (κ3) is 4.09. The minimum Gasteiger partial charge on any atom is -0.396 e. The number of nitrogens with zero attached hydrogens (tertiary/aromatic N) is 2. The van der Waals surface area contributed by atoms with Gasteiger partial charge in [0.25, 0.3) is 0 Å². The van der Waals surface area contributed by atoms with Gasteiger partial charge in [-0.15, -0.1) is 0 Å². The molecule has 8 heteroatoms. The van der Waals surface area contributed by atoms with Gasteiger partial charge >= 0.3 is 6.18 Å². The number of aliphatic hydroxyl groups excluding tert-OH is 1. The largest absolute Gasteiger partial charge is 0.406 e. The first-order chi connectivity index (χ1) is 9.80. The van der Waals surface area contributed by atoms with Crippen LogP contribution in [0.1, 0.15) is 19.3 Å². The number of aliphatic hydroxyl groups is 1. The summed E-state index contributed by atoms with van der Waals surface area (Å²) in [7, 11) is 0. The van der Waals surface area contributed by atoms with E-state index in [9.17, 15) is 22.8 Å². The van der Waals surface area contributed by atoms with Crippen LogP contribution >= 0.6 is 0 Å². The predicted octanol–water partition coefficient (Wildman–Crippen LogP) is 0.628. The molecule has 2 fully saturated rings. The Labute approximate surface area is 120 Å². The van der Waals surface area contributed by atoms with Crippen LogP contribution in [0.4, 0.5) is 13.2 Å². The first-order valence-electron chi connectivity index (χ1n) is 7.04. The van der Waals surface area contributed by atoms with E-state index in [-0.39, 0.29) is 31.4 Å². The highest BCUT2D eigenvalue weighted by Gasteiger charge is 2.42. The Morgan fingerprint density at radius 2 is 2.05 bits per heavy atom. The molecule has 2 amide bonds. The van der Waals surface area contributed by atoms with E-state index >= 15 is 0 Å². The van der Waals surface area contributed by atoms with Gasteiger partial charge in [-0.2, -0.15) is 13.2 Å². The molecule has 2 atom stereocenters. The van der Waals surface area contributed by atoms with Crippen molar-refractivity contribution in [2.75, 3.05) is 32.8 Å². The van der Waals surface area contributed by atoms with Crippen LogP contribution < -0.4 is 0 Å². The minimum atomic E-state index is -4.44. The average Bonchev–Trinajstić information content (AvgIpc) is 2.77. The van der Waals surface area contributed by atoms with Gasteiger partial charge in [-0.05, 0) is 18.8 Å². The zero-order valence-electron chi connectivity index (χ0n) is 11.6. The van der Waals surface area contributed by atoms with Gasteiger partial charge in [0.2, 0.25) is 11.8 Å². The van der Waals surface area contributed by atoms with E-state index in [1.807, 2.05) is 0 Å². The molecular formula is C13H19F3N2O3. The standard InChI is InChI=1S/C13H19F3N2O3/c14-13(15,16)8-18-6-10(4-11(18)20)12(21)17-3-1-2-9(5-17)7-19/h9-10,19H,1-8H2. The molecule has 0 saturated carbocycles. The molecule has 0 spiro atoms. The number of halogens is 3. The summed E-state index contributed by atoms with van der Waals surface area (Å²) in [5.41, 5.74) is 0. The van der Waals surface area contributed by atoms with E-state index in [2.05, 4.69) is 0 Å². The highest BCUT2D eigenvalue weighted by atomic mass is 19.4. The SMILES string of the molecule is O=C1CC(C(=O)N2CCCC(CO)C2)CN1CC(F)(F)F. The molecule has 2 aliphatic rings. The lowest BCUT2D eigenvalue weighted by Crippen LogP contribution is -2.44. The first-order valence-corrected chi connectivity index (χ1v) is 7.04. The molecule has 0 aromatic carbocycles. The smallest absolute Gasteiger partial charge is 0.396 e. The number of hydrogen-bond donors (Lipinski definition) is 1. The quantitative estimate of drug-likeness (QED) is 0.832. The predicted molar refractivity (Wildman–Crippen MR) is 67.1 cm³/mol.